The van der Waals surface area contributed by atoms with Crippen LogP contribution in [0.15, 0.2) is 36.4 Å². The van der Waals surface area contributed by atoms with Crippen LogP contribution in [0, 0.1) is 20.8 Å². The number of aryl methyl sites for hydroxylation is 3. The largest absolute Gasteiger partial charge is 0.508 e. The van der Waals surface area contributed by atoms with Gasteiger partial charge in [0.2, 0.25) is 0 Å². The Bertz CT molecular complexity index is 564. The highest BCUT2D eigenvalue weighted by molar-refractivity contribution is 5.59. The molecule has 2 nitrogen and oxygen atoms in total. The highest BCUT2D eigenvalue weighted by atomic mass is 16.3. The van der Waals surface area contributed by atoms with Crippen LogP contribution < -0.4 is 5.32 Å². The summed E-state index contributed by atoms with van der Waals surface area (Å²) in [4.78, 5) is 0. The predicted octanol–water partition coefficient (Wildman–Crippen LogP) is 4.88. The van der Waals surface area contributed by atoms with Gasteiger partial charge in [0.15, 0.2) is 0 Å². The summed E-state index contributed by atoms with van der Waals surface area (Å²) in [5.74, 6) is 0.311. The van der Waals surface area contributed by atoms with Gasteiger partial charge in [-0.25, -0.2) is 0 Å². The van der Waals surface area contributed by atoms with E-state index < -0.39 is 0 Å². The fourth-order valence-corrected chi connectivity index (χ4v) is 2.71. The molecule has 2 heteroatoms. The number of benzene rings is 2. The molecule has 0 spiro atoms. The number of rotatable bonds is 4. The molecule has 0 aliphatic heterocycles. The topological polar surface area (TPSA) is 32.3 Å². The monoisotopic (exact) mass is 269 g/mol. The quantitative estimate of drug-likeness (QED) is 0.829. The minimum atomic E-state index is 0.260. The summed E-state index contributed by atoms with van der Waals surface area (Å²) in [6.45, 7) is 8.59. The molecule has 0 bridgehead atoms. The third kappa shape index (κ3) is 3.13. The van der Waals surface area contributed by atoms with E-state index in [0.29, 0.717) is 5.75 Å². The van der Waals surface area contributed by atoms with Gasteiger partial charge in [-0.3, -0.25) is 0 Å². The van der Waals surface area contributed by atoms with E-state index in [2.05, 4.69) is 45.1 Å². The molecule has 0 aliphatic rings. The zero-order valence-electron chi connectivity index (χ0n) is 12.7. The molecule has 0 fully saturated rings. The molecule has 20 heavy (non-hydrogen) atoms. The van der Waals surface area contributed by atoms with Crippen LogP contribution in [0.3, 0.4) is 0 Å². The van der Waals surface area contributed by atoms with Crippen molar-refractivity contribution in [3.8, 4) is 5.75 Å². The molecule has 2 rings (SSSR count). The second kappa shape index (κ2) is 6.00. The molecule has 0 aromatic heterocycles. The van der Waals surface area contributed by atoms with Crippen molar-refractivity contribution >= 4 is 5.69 Å². The second-order valence-corrected chi connectivity index (χ2v) is 5.47. The van der Waals surface area contributed by atoms with Gasteiger partial charge in [0, 0.05) is 5.69 Å². The standard InChI is InChI=1S/C18H23NO/c1-5-17(15-6-8-16(20)9-7-15)19-18-13(3)10-12(2)11-14(18)4/h6-11,17,19-20H,5H2,1-4H3. The zero-order valence-corrected chi connectivity index (χ0v) is 12.7. The van der Waals surface area contributed by atoms with Crippen molar-refractivity contribution in [2.24, 2.45) is 0 Å². The smallest absolute Gasteiger partial charge is 0.115 e. The van der Waals surface area contributed by atoms with E-state index in [0.717, 1.165) is 6.42 Å². The number of hydrogen-bond donors (Lipinski definition) is 2. The van der Waals surface area contributed by atoms with Crippen LogP contribution in [-0.2, 0) is 0 Å². The maximum absolute atomic E-state index is 9.40. The molecule has 2 N–H and O–H groups in total. The lowest BCUT2D eigenvalue weighted by molar-refractivity contribution is 0.475. The van der Waals surface area contributed by atoms with Crippen molar-refractivity contribution in [1.82, 2.24) is 0 Å². The summed E-state index contributed by atoms with van der Waals surface area (Å²) in [6.07, 6.45) is 0.998. The van der Waals surface area contributed by atoms with Crippen molar-refractivity contribution in [1.29, 1.82) is 0 Å². The Labute approximate surface area is 121 Å². The first-order valence-corrected chi connectivity index (χ1v) is 7.14. The van der Waals surface area contributed by atoms with Crippen molar-refractivity contribution in [2.75, 3.05) is 5.32 Å². The molecule has 106 valence electrons. The first kappa shape index (κ1) is 14.4. The normalized spacial score (nSPS) is 12.2. The van der Waals surface area contributed by atoms with Gasteiger partial charge in [-0.15, -0.1) is 0 Å². The minimum absolute atomic E-state index is 0.260. The van der Waals surface area contributed by atoms with Crippen LogP contribution in [0.4, 0.5) is 5.69 Å². The van der Waals surface area contributed by atoms with Crippen molar-refractivity contribution in [3.63, 3.8) is 0 Å². The zero-order chi connectivity index (χ0) is 14.7. The van der Waals surface area contributed by atoms with E-state index in [9.17, 15) is 5.11 Å². The summed E-state index contributed by atoms with van der Waals surface area (Å²) in [5, 5.41) is 13.0. The van der Waals surface area contributed by atoms with Crippen molar-refractivity contribution in [3.05, 3.63) is 58.7 Å². The predicted molar refractivity (Wildman–Crippen MR) is 85.4 cm³/mol. The van der Waals surface area contributed by atoms with Gasteiger partial charge in [-0.2, -0.15) is 0 Å². The molecule has 2 aromatic rings. The highest BCUT2D eigenvalue weighted by Crippen LogP contribution is 2.29. The summed E-state index contributed by atoms with van der Waals surface area (Å²) in [5.41, 5.74) is 6.27. The molecule has 1 unspecified atom stereocenters. The van der Waals surface area contributed by atoms with Gasteiger partial charge in [-0.1, -0.05) is 36.8 Å². The molecule has 0 saturated carbocycles. The third-order valence-corrected chi connectivity index (χ3v) is 3.70. The van der Waals surface area contributed by atoms with Crippen LogP contribution in [-0.4, -0.2) is 5.11 Å². The van der Waals surface area contributed by atoms with Gasteiger partial charge < -0.3 is 10.4 Å². The van der Waals surface area contributed by atoms with Crippen molar-refractivity contribution in [2.45, 2.75) is 40.2 Å². The summed E-state index contributed by atoms with van der Waals surface area (Å²) < 4.78 is 0. The number of phenolic OH excluding ortho intramolecular Hbond substituents is 1. The fraction of sp³-hybridized carbons (Fsp3) is 0.333. The SMILES string of the molecule is CCC(Nc1c(C)cc(C)cc1C)c1ccc(O)cc1. The Hall–Kier alpha value is -1.96. The average molecular weight is 269 g/mol. The summed E-state index contributed by atoms with van der Waals surface area (Å²) in [6, 6.07) is 12.1. The lowest BCUT2D eigenvalue weighted by atomic mass is 10.0. The Kier molecular flexibility index (Phi) is 4.33. The Morgan fingerprint density at radius 3 is 2.05 bits per heavy atom. The molecular weight excluding hydrogens is 246 g/mol. The molecular formula is C18H23NO. The summed E-state index contributed by atoms with van der Waals surface area (Å²) in [7, 11) is 0. The Morgan fingerprint density at radius 2 is 1.55 bits per heavy atom. The third-order valence-electron chi connectivity index (χ3n) is 3.70. The first-order valence-electron chi connectivity index (χ1n) is 7.14. The van der Waals surface area contributed by atoms with Crippen LogP contribution in [0.1, 0.15) is 41.6 Å². The maximum atomic E-state index is 9.40. The van der Waals surface area contributed by atoms with E-state index in [1.807, 2.05) is 12.1 Å². The van der Waals surface area contributed by atoms with E-state index in [1.54, 1.807) is 12.1 Å². The Morgan fingerprint density at radius 1 is 1.00 bits per heavy atom. The molecule has 1 atom stereocenters. The van der Waals surface area contributed by atoms with Crippen LogP contribution >= 0.6 is 0 Å². The van der Waals surface area contributed by atoms with Crippen LogP contribution in [0.25, 0.3) is 0 Å². The van der Waals surface area contributed by atoms with Crippen molar-refractivity contribution < 1.29 is 5.11 Å². The minimum Gasteiger partial charge on any atom is -0.508 e. The van der Waals surface area contributed by atoms with Gasteiger partial charge in [0.1, 0.15) is 5.75 Å². The average Bonchev–Trinajstić information content (AvgIpc) is 2.39. The second-order valence-electron chi connectivity index (χ2n) is 5.47. The van der Waals surface area contributed by atoms with Gasteiger partial charge in [0.25, 0.3) is 0 Å². The molecule has 0 heterocycles. The molecule has 0 saturated heterocycles. The van der Waals surface area contributed by atoms with Crippen LogP contribution in [0.5, 0.6) is 5.75 Å². The number of phenols is 1. The van der Waals surface area contributed by atoms with Gasteiger partial charge in [0.05, 0.1) is 6.04 Å². The van der Waals surface area contributed by atoms with E-state index in [1.165, 1.54) is 27.9 Å². The molecule has 0 amide bonds. The Balaban J connectivity index is 2.29. The highest BCUT2D eigenvalue weighted by Gasteiger charge is 2.12. The van der Waals surface area contributed by atoms with Crippen LogP contribution in [0.2, 0.25) is 0 Å². The van der Waals surface area contributed by atoms with E-state index in [4.69, 9.17) is 0 Å². The maximum Gasteiger partial charge on any atom is 0.115 e. The van der Waals surface area contributed by atoms with Gasteiger partial charge in [-0.05, 0) is 56.0 Å². The fourth-order valence-electron chi connectivity index (χ4n) is 2.71. The molecule has 2 aromatic carbocycles. The number of nitrogens with one attached hydrogen (secondary N) is 1. The van der Waals surface area contributed by atoms with E-state index >= 15 is 0 Å². The lowest BCUT2D eigenvalue weighted by Gasteiger charge is -2.22. The van der Waals surface area contributed by atoms with E-state index in [-0.39, 0.29) is 6.04 Å². The molecule has 0 aliphatic carbocycles. The number of hydrogen-bond acceptors (Lipinski definition) is 2. The first-order chi connectivity index (χ1) is 9.51. The summed E-state index contributed by atoms with van der Waals surface area (Å²) >= 11 is 0. The number of aromatic hydroxyl groups is 1. The lowest BCUT2D eigenvalue weighted by Crippen LogP contribution is -2.11. The molecule has 0 radical (unpaired) electrons. The number of anilines is 1. The van der Waals surface area contributed by atoms with Gasteiger partial charge >= 0.3 is 0 Å².